The van der Waals surface area contributed by atoms with E-state index in [-0.39, 0.29) is 16.8 Å². The summed E-state index contributed by atoms with van der Waals surface area (Å²) in [6.45, 7) is 0.796. The molecule has 0 spiro atoms. The second-order valence-corrected chi connectivity index (χ2v) is 5.70. The van der Waals surface area contributed by atoms with Crippen LogP contribution in [0.4, 0.5) is 8.78 Å². The van der Waals surface area contributed by atoms with Gasteiger partial charge in [0.2, 0.25) is 0 Å². The number of pyridine rings is 1. The molecule has 0 unspecified atom stereocenters. The molecular formula is C16H17BrF2N2O3. The molecule has 130 valence electrons. The Hall–Kier alpha value is -1.77. The highest BCUT2D eigenvalue weighted by molar-refractivity contribution is 9.10. The molecule has 0 atom stereocenters. The molecule has 1 aromatic carbocycles. The third-order valence-corrected chi connectivity index (χ3v) is 3.75. The summed E-state index contributed by atoms with van der Waals surface area (Å²) in [4.78, 5) is 8.94. The summed E-state index contributed by atoms with van der Waals surface area (Å²) in [5.74, 6) is -0.196. The van der Waals surface area contributed by atoms with Gasteiger partial charge in [0.15, 0.2) is 5.82 Å². The average molecular weight is 403 g/mol. The summed E-state index contributed by atoms with van der Waals surface area (Å²) in [5, 5.41) is 1.59. The lowest BCUT2D eigenvalue weighted by atomic mass is 10.3. The number of hydrogen-bond acceptors (Lipinski definition) is 5. The van der Waals surface area contributed by atoms with Crippen LogP contribution in [0.3, 0.4) is 0 Å². The Kier molecular flexibility index (Phi) is 6.89. The first-order valence-electron chi connectivity index (χ1n) is 7.10. The number of benzene rings is 1. The Morgan fingerprint density at radius 3 is 2.58 bits per heavy atom. The molecule has 2 aromatic rings. The molecule has 1 aromatic heterocycles. The first-order chi connectivity index (χ1) is 11.5. The van der Waals surface area contributed by atoms with E-state index in [0.29, 0.717) is 24.7 Å². The molecule has 0 aliphatic rings. The van der Waals surface area contributed by atoms with Crippen molar-refractivity contribution in [3.8, 4) is 11.5 Å². The molecule has 5 nitrogen and oxygen atoms in total. The number of hydrogen-bond donors (Lipinski definition) is 0. The van der Waals surface area contributed by atoms with Crippen molar-refractivity contribution in [3.63, 3.8) is 0 Å². The van der Waals surface area contributed by atoms with E-state index in [1.807, 2.05) is 0 Å². The van der Waals surface area contributed by atoms with Crippen LogP contribution >= 0.6 is 15.9 Å². The van der Waals surface area contributed by atoms with Gasteiger partial charge in [-0.15, -0.1) is 0 Å². The Morgan fingerprint density at radius 1 is 1.12 bits per heavy atom. The molecule has 0 fully saturated rings. The molecule has 0 bridgehead atoms. The van der Waals surface area contributed by atoms with Gasteiger partial charge in [-0.2, -0.15) is 5.06 Å². The largest absolute Gasteiger partial charge is 0.490 e. The quantitative estimate of drug-likeness (QED) is 0.631. The lowest BCUT2D eigenvalue weighted by Crippen LogP contribution is -2.23. The highest BCUT2D eigenvalue weighted by Gasteiger charge is 2.09. The van der Waals surface area contributed by atoms with E-state index in [0.717, 1.165) is 0 Å². The summed E-state index contributed by atoms with van der Waals surface area (Å²) in [6.07, 6.45) is 1.43. The van der Waals surface area contributed by atoms with E-state index in [2.05, 4.69) is 20.9 Å². The van der Waals surface area contributed by atoms with Crippen molar-refractivity contribution in [3.05, 3.63) is 52.3 Å². The second kappa shape index (κ2) is 8.91. The Morgan fingerprint density at radius 2 is 1.92 bits per heavy atom. The molecule has 0 amide bonds. The van der Waals surface area contributed by atoms with E-state index in [9.17, 15) is 8.78 Å². The highest BCUT2D eigenvalue weighted by atomic mass is 79.9. The molecule has 0 saturated heterocycles. The van der Waals surface area contributed by atoms with Gasteiger partial charge in [-0.3, -0.25) is 4.98 Å². The summed E-state index contributed by atoms with van der Waals surface area (Å²) in [6, 6.07) is 5.44. The molecule has 0 aliphatic heterocycles. The number of nitrogens with zero attached hydrogens (tertiary/aromatic N) is 2. The van der Waals surface area contributed by atoms with Gasteiger partial charge in [0, 0.05) is 13.1 Å². The van der Waals surface area contributed by atoms with Crippen LogP contribution in [0.5, 0.6) is 11.5 Å². The molecule has 0 N–H and O–H groups in total. The molecule has 8 heteroatoms. The minimum absolute atomic E-state index is 0.0728. The zero-order valence-electron chi connectivity index (χ0n) is 13.3. The van der Waals surface area contributed by atoms with Crippen LogP contribution < -0.4 is 9.47 Å². The van der Waals surface area contributed by atoms with E-state index in [4.69, 9.17) is 14.3 Å². The van der Waals surface area contributed by atoms with Crippen molar-refractivity contribution in [2.75, 3.05) is 27.3 Å². The lowest BCUT2D eigenvalue weighted by molar-refractivity contribution is -0.113. The SMILES string of the molecule is CON(C)CCOc1cnc(COc2ccc(F)c(Br)c2)c(F)c1. The fourth-order valence-corrected chi connectivity index (χ4v) is 2.09. The molecule has 0 saturated carbocycles. The predicted octanol–water partition coefficient (Wildman–Crippen LogP) is 3.57. The Labute approximate surface area is 147 Å². The average Bonchev–Trinajstić information content (AvgIpc) is 2.57. The van der Waals surface area contributed by atoms with Gasteiger partial charge in [0.05, 0.1) is 24.3 Å². The summed E-state index contributed by atoms with van der Waals surface area (Å²) < 4.78 is 38.2. The lowest BCUT2D eigenvalue weighted by Gasteiger charge is -2.14. The number of likely N-dealkylation sites (N-methyl/N-ethyl adjacent to an activating group) is 1. The molecule has 0 radical (unpaired) electrons. The third kappa shape index (κ3) is 5.40. The first-order valence-corrected chi connectivity index (χ1v) is 7.89. The van der Waals surface area contributed by atoms with E-state index >= 15 is 0 Å². The van der Waals surface area contributed by atoms with Crippen molar-refractivity contribution in [2.24, 2.45) is 0 Å². The Bertz CT molecular complexity index is 688. The van der Waals surface area contributed by atoms with Crippen molar-refractivity contribution >= 4 is 15.9 Å². The van der Waals surface area contributed by atoms with Gasteiger partial charge >= 0.3 is 0 Å². The number of halogens is 3. The monoisotopic (exact) mass is 402 g/mol. The van der Waals surface area contributed by atoms with Crippen molar-refractivity contribution < 1.29 is 23.1 Å². The third-order valence-electron chi connectivity index (χ3n) is 3.15. The van der Waals surface area contributed by atoms with Crippen molar-refractivity contribution in [2.45, 2.75) is 6.61 Å². The van der Waals surface area contributed by atoms with Crippen molar-refractivity contribution in [1.29, 1.82) is 0 Å². The van der Waals surface area contributed by atoms with Gasteiger partial charge in [0.25, 0.3) is 0 Å². The van der Waals surface area contributed by atoms with Crippen LogP contribution in [0.25, 0.3) is 0 Å². The minimum Gasteiger partial charge on any atom is -0.490 e. The zero-order valence-corrected chi connectivity index (χ0v) is 14.8. The molecule has 24 heavy (non-hydrogen) atoms. The van der Waals surface area contributed by atoms with Crippen molar-refractivity contribution in [1.82, 2.24) is 10.0 Å². The van der Waals surface area contributed by atoms with Crippen LogP contribution in [-0.2, 0) is 11.4 Å². The van der Waals surface area contributed by atoms with Crippen LogP contribution in [-0.4, -0.2) is 37.4 Å². The number of aromatic nitrogens is 1. The van der Waals surface area contributed by atoms with Crippen LogP contribution in [0.2, 0.25) is 0 Å². The molecular weight excluding hydrogens is 386 g/mol. The van der Waals surface area contributed by atoms with Gasteiger partial charge in [-0.05, 0) is 34.1 Å². The number of rotatable bonds is 8. The van der Waals surface area contributed by atoms with E-state index < -0.39 is 11.6 Å². The van der Waals surface area contributed by atoms with E-state index in [1.165, 1.54) is 30.5 Å². The second-order valence-electron chi connectivity index (χ2n) is 4.85. The van der Waals surface area contributed by atoms with Gasteiger partial charge in [0.1, 0.15) is 36.2 Å². The topological polar surface area (TPSA) is 43.8 Å². The smallest absolute Gasteiger partial charge is 0.151 e. The van der Waals surface area contributed by atoms with Gasteiger partial charge in [-0.25, -0.2) is 8.78 Å². The molecule has 0 aliphatic carbocycles. The summed E-state index contributed by atoms with van der Waals surface area (Å²) in [5.41, 5.74) is 0.136. The first kappa shape index (κ1) is 18.6. The fourth-order valence-electron chi connectivity index (χ4n) is 1.74. The zero-order chi connectivity index (χ0) is 17.5. The minimum atomic E-state index is -0.534. The van der Waals surface area contributed by atoms with Crippen LogP contribution in [0.15, 0.2) is 34.9 Å². The number of ether oxygens (including phenoxy) is 2. The fraction of sp³-hybridized carbons (Fsp3) is 0.312. The maximum atomic E-state index is 14.0. The summed E-state index contributed by atoms with van der Waals surface area (Å²) in [7, 11) is 3.31. The molecule has 1 heterocycles. The Balaban J connectivity index is 1.90. The standard InChI is InChI=1S/C16H17BrF2N2O3/c1-21(22-2)5-6-23-12-8-15(19)16(20-9-12)10-24-11-3-4-14(18)13(17)7-11/h3-4,7-9H,5-6,10H2,1-2H3. The normalized spacial score (nSPS) is 10.9. The summed E-state index contributed by atoms with van der Waals surface area (Å²) >= 11 is 3.06. The number of hydroxylamine groups is 2. The predicted molar refractivity (Wildman–Crippen MR) is 87.8 cm³/mol. The van der Waals surface area contributed by atoms with Crippen LogP contribution in [0.1, 0.15) is 5.69 Å². The van der Waals surface area contributed by atoms with E-state index in [1.54, 1.807) is 19.2 Å². The highest BCUT2D eigenvalue weighted by Crippen LogP contribution is 2.23. The maximum Gasteiger partial charge on any atom is 0.151 e. The van der Waals surface area contributed by atoms with Gasteiger partial charge in [-0.1, -0.05) is 0 Å². The van der Waals surface area contributed by atoms with Crippen LogP contribution in [0, 0.1) is 11.6 Å². The maximum absolute atomic E-state index is 14.0. The molecule has 2 rings (SSSR count). The van der Waals surface area contributed by atoms with Gasteiger partial charge < -0.3 is 14.3 Å².